The average molecular weight is 250 g/mol. The summed E-state index contributed by atoms with van der Waals surface area (Å²) in [5, 5.41) is 21.9. The van der Waals surface area contributed by atoms with Crippen LogP contribution in [0, 0.1) is 17.2 Å². The summed E-state index contributed by atoms with van der Waals surface area (Å²) in [5.74, 6) is 1.63. The van der Waals surface area contributed by atoms with Crippen molar-refractivity contribution >= 4 is 0 Å². The Morgan fingerprint density at radius 1 is 1.50 bits per heavy atom. The quantitative estimate of drug-likeness (QED) is 0.779. The molecule has 1 heterocycles. The second-order valence-electron chi connectivity index (χ2n) is 5.41. The predicted molar refractivity (Wildman–Crippen MR) is 69.8 cm³/mol. The van der Waals surface area contributed by atoms with E-state index in [2.05, 4.69) is 19.2 Å². The lowest BCUT2D eigenvalue weighted by Gasteiger charge is -2.24. The monoisotopic (exact) mass is 250 g/mol. The largest absolute Gasteiger partial charge is 0.449 e. The first-order chi connectivity index (χ1) is 8.43. The SMILES string of the molecule is CC(C)CCC(C)(O)CNCc1ccc(C#N)o1. The van der Waals surface area contributed by atoms with Gasteiger partial charge in [-0.1, -0.05) is 13.8 Å². The van der Waals surface area contributed by atoms with Gasteiger partial charge in [0.15, 0.2) is 0 Å². The van der Waals surface area contributed by atoms with E-state index in [1.807, 2.05) is 13.0 Å². The van der Waals surface area contributed by atoms with Crippen molar-refractivity contribution in [2.24, 2.45) is 5.92 Å². The average Bonchev–Trinajstić information content (AvgIpc) is 2.74. The molecule has 0 radical (unpaired) electrons. The van der Waals surface area contributed by atoms with Gasteiger partial charge in [-0.25, -0.2) is 0 Å². The predicted octanol–water partition coefficient (Wildman–Crippen LogP) is 2.43. The van der Waals surface area contributed by atoms with E-state index in [4.69, 9.17) is 9.68 Å². The number of hydrogen-bond donors (Lipinski definition) is 2. The molecule has 0 spiro atoms. The smallest absolute Gasteiger partial charge is 0.203 e. The molecular formula is C14H22N2O2. The number of hydrogen-bond acceptors (Lipinski definition) is 4. The van der Waals surface area contributed by atoms with Crippen LogP contribution in [0.15, 0.2) is 16.5 Å². The fourth-order valence-corrected chi connectivity index (χ4v) is 1.68. The van der Waals surface area contributed by atoms with E-state index in [0.717, 1.165) is 12.8 Å². The van der Waals surface area contributed by atoms with Gasteiger partial charge < -0.3 is 14.8 Å². The van der Waals surface area contributed by atoms with Gasteiger partial charge in [-0.15, -0.1) is 0 Å². The fourth-order valence-electron chi connectivity index (χ4n) is 1.68. The zero-order chi connectivity index (χ0) is 13.6. The molecule has 0 saturated heterocycles. The molecule has 2 N–H and O–H groups in total. The molecule has 0 aliphatic carbocycles. The maximum Gasteiger partial charge on any atom is 0.203 e. The minimum absolute atomic E-state index is 0.318. The van der Waals surface area contributed by atoms with Crippen LogP contribution in [-0.2, 0) is 6.54 Å². The van der Waals surface area contributed by atoms with Crippen LogP contribution in [0.5, 0.6) is 0 Å². The first kappa shape index (κ1) is 14.7. The van der Waals surface area contributed by atoms with Gasteiger partial charge in [-0.05, 0) is 37.8 Å². The summed E-state index contributed by atoms with van der Waals surface area (Å²) < 4.78 is 5.24. The number of furan rings is 1. The molecule has 100 valence electrons. The van der Waals surface area contributed by atoms with E-state index in [1.165, 1.54) is 0 Å². The third-order valence-corrected chi connectivity index (χ3v) is 2.84. The molecule has 0 amide bonds. The standard InChI is InChI=1S/C14H22N2O2/c1-11(2)6-7-14(3,17)10-16-9-13-5-4-12(8-15)18-13/h4-5,11,16-17H,6-7,9-10H2,1-3H3. The Hall–Kier alpha value is -1.31. The van der Waals surface area contributed by atoms with Gasteiger partial charge in [0, 0.05) is 6.54 Å². The molecule has 1 aromatic rings. The second kappa shape index (κ2) is 6.58. The molecule has 0 fully saturated rings. The molecule has 4 heteroatoms. The van der Waals surface area contributed by atoms with Crippen LogP contribution in [0.4, 0.5) is 0 Å². The Labute approximate surface area is 109 Å². The van der Waals surface area contributed by atoms with Gasteiger partial charge in [0.1, 0.15) is 11.8 Å². The molecule has 0 saturated carbocycles. The number of aliphatic hydroxyl groups is 1. The van der Waals surface area contributed by atoms with Gasteiger partial charge in [0.05, 0.1) is 12.1 Å². The highest BCUT2D eigenvalue weighted by Gasteiger charge is 2.20. The van der Waals surface area contributed by atoms with Crippen LogP contribution >= 0.6 is 0 Å². The lowest BCUT2D eigenvalue weighted by molar-refractivity contribution is 0.0447. The lowest BCUT2D eigenvalue weighted by Crippen LogP contribution is -2.37. The Kier molecular flexibility index (Phi) is 5.39. The minimum Gasteiger partial charge on any atom is -0.449 e. The van der Waals surface area contributed by atoms with Crippen LogP contribution in [0.25, 0.3) is 0 Å². The summed E-state index contributed by atoms with van der Waals surface area (Å²) in [4.78, 5) is 0. The molecule has 1 unspecified atom stereocenters. The summed E-state index contributed by atoms with van der Waals surface area (Å²) in [6.07, 6.45) is 1.78. The van der Waals surface area contributed by atoms with Crippen LogP contribution in [0.2, 0.25) is 0 Å². The summed E-state index contributed by atoms with van der Waals surface area (Å²) in [5.41, 5.74) is -0.699. The van der Waals surface area contributed by atoms with Crippen molar-refractivity contribution in [1.29, 1.82) is 5.26 Å². The first-order valence-corrected chi connectivity index (χ1v) is 6.35. The van der Waals surface area contributed by atoms with Crippen molar-refractivity contribution in [3.63, 3.8) is 0 Å². The number of nitriles is 1. The van der Waals surface area contributed by atoms with E-state index >= 15 is 0 Å². The lowest BCUT2D eigenvalue weighted by atomic mass is 9.95. The van der Waals surface area contributed by atoms with Crippen molar-refractivity contribution in [2.45, 2.75) is 45.8 Å². The van der Waals surface area contributed by atoms with Crippen molar-refractivity contribution in [1.82, 2.24) is 5.32 Å². The zero-order valence-electron chi connectivity index (χ0n) is 11.4. The summed E-state index contributed by atoms with van der Waals surface area (Å²) in [6, 6.07) is 5.36. The molecule has 18 heavy (non-hydrogen) atoms. The Morgan fingerprint density at radius 3 is 2.78 bits per heavy atom. The van der Waals surface area contributed by atoms with Crippen LogP contribution < -0.4 is 5.32 Å². The molecule has 4 nitrogen and oxygen atoms in total. The van der Waals surface area contributed by atoms with Gasteiger partial charge in [0.25, 0.3) is 0 Å². The van der Waals surface area contributed by atoms with E-state index in [0.29, 0.717) is 30.5 Å². The Balaban J connectivity index is 2.30. The minimum atomic E-state index is -0.699. The Bertz CT molecular complexity index is 402. The molecule has 1 rings (SSSR count). The topological polar surface area (TPSA) is 69.2 Å². The van der Waals surface area contributed by atoms with Crippen molar-refractivity contribution in [3.05, 3.63) is 23.7 Å². The highest BCUT2D eigenvalue weighted by Crippen LogP contribution is 2.15. The molecule has 0 bridgehead atoms. The summed E-state index contributed by atoms with van der Waals surface area (Å²) >= 11 is 0. The summed E-state index contributed by atoms with van der Waals surface area (Å²) in [7, 11) is 0. The highest BCUT2D eigenvalue weighted by molar-refractivity contribution is 5.18. The van der Waals surface area contributed by atoms with Gasteiger partial charge in [0.2, 0.25) is 5.76 Å². The van der Waals surface area contributed by atoms with Crippen molar-refractivity contribution in [2.75, 3.05) is 6.54 Å². The van der Waals surface area contributed by atoms with E-state index in [1.54, 1.807) is 12.1 Å². The molecular weight excluding hydrogens is 228 g/mol. The maximum atomic E-state index is 10.1. The molecule has 0 aromatic carbocycles. The molecule has 0 aliphatic rings. The zero-order valence-corrected chi connectivity index (χ0v) is 11.4. The summed E-state index contributed by atoms with van der Waals surface area (Å²) in [6.45, 7) is 7.18. The fraction of sp³-hybridized carbons (Fsp3) is 0.643. The second-order valence-corrected chi connectivity index (χ2v) is 5.41. The number of nitrogens with zero attached hydrogens (tertiary/aromatic N) is 1. The first-order valence-electron chi connectivity index (χ1n) is 6.35. The van der Waals surface area contributed by atoms with Gasteiger partial charge >= 0.3 is 0 Å². The van der Waals surface area contributed by atoms with E-state index < -0.39 is 5.60 Å². The van der Waals surface area contributed by atoms with E-state index in [-0.39, 0.29) is 0 Å². The third kappa shape index (κ3) is 5.35. The molecule has 1 aromatic heterocycles. The van der Waals surface area contributed by atoms with Crippen molar-refractivity contribution in [3.8, 4) is 6.07 Å². The van der Waals surface area contributed by atoms with E-state index in [9.17, 15) is 5.11 Å². The third-order valence-electron chi connectivity index (χ3n) is 2.84. The number of nitrogens with one attached hydrogen (secondary N) is 1. The Morgan fingerprint density at radius 2 is 2.22 bits per heavy atom. The highest BCUT2D eigenvalue weighted by atomic mass is 16.3. The van der Waals surface area contributed by atoms with Crippen LogP contribution in [0.3, 0.4) is 0 Å². The van der Waals surface area contributed by atoms with Crippen molar-refractivity contribution < 1.29 is 9.52 Å². The van der Waals surface area contributed by atoms with Crippen LogP contribution in [0.1, 0.15) is 45.1 Å². The molecule has 0 aliphatic heterocycles. The van der Waals surface area contributed by atoms with Gasteiger partial charge in [-0.2, -0.15) is 5.26 Å². The van der Waals surface area contributed by atoms with Crippen LogP contribution in [-0.4, -0.2) is 17.3 Å². The van der Waals surface area contributed by atoms with Gasteiger partial charge in [-0.3, -0.25) is 0 Å². The number of rotatable bonds is 7. The maximum absolute atomic E-state index is 10.1. The normalized spacial score (nSPS) is 14.4. The molecule has 1 atom stereocenters.